The molecule has 4 nitrogen and oxygen atoms in total. The minimum absolute atomic E-state index is 0.211. The Kier molecular flexibility index (Phi) is 5.11. The molecule has 0 radical (unpaired) electrons. The predicted molar refractivity (Wildman–Crippen MR) is 97.2 cm³/mol. The molecule has 3 rings (SSSR count). The van der Waals surface area contributed by atoms with Crippen LogP contribution >= 0.6 is 11.6 Å². The summed E-state index contributed by atoms with van der Waals surface area (Å²) >= 11 is 5.79. The zero-order valence-corrected chi connectivity index (χ0v) is 13.9. The second-order valence-electron chi connectivity index (χ2n) is 5.24. The fourth-order valence-electron chi connectivity index (χ4n) is 2.15. The van der Waals surface area contributed by atoms with Crippen LogP contribution in [0.4, 0.5) is 5.69 Å². The highest BCUT2D eigenvalue weighted by Crippen LogP contribution is 2.18. The first kappa shape index (κ1) is 16.7. The van der Waals surface area contributed by atoms with E-state index in [2.05, 4.69) is 5.32 Å². The topological polar surface area (TPSA) is 55.4 Å². The summed E-state index contributed by atoms with van der Waals surface area (Å²) in [5.41, 5.74) is 1.54. The SMILES string of the molecule is O=C(Nc1ccc(C(=O)Oc2ccc(Cl)cc2)cc1)c1ccccc1. The van der Waals surface area contributed by atoms with E-state index in [9.17, 15) is 9.59 Å². The molecule has 25 heavy (non-hydrogen) atoms. The number of ether oxygens (including phenoxy) is 1. The number of esters is 1. The molecule has 0 aliphatic carbocycles. The van der Waals surface area contributed by atoms with E-state index in [1.165, 1.54) is 0 Å². The van der Waals surface area contributed by atoms with Crippen molar-refractivity contribution < 1.29 is 14.3 Å². The summed E-state index contributed by atoms with van der Waals surface area (Å²) < 4.78 is 5.26. The molecule has 0 aliphatic rings. The Bertz CT molecular complexity index is 875. The molecule has 0 unspecified atom stereocenters. The molecule has 124 valence electrons. The molecular formula is C20H14ClNO3. The van der Waals surface area contributed by atoms with Gasteiger partial charge in [0.05, 0.1) is 5.56 Å². The van der Waals surface area contributed by atoms with Crippen molar-refractivity contribution in [1.29, 1.82) is 0 Å². The first-order chi connectivity index (χ1) is 12.1. The molecule has 0 aliphatic heterocycles. The molecule has 0 bridgehead atoms. The second kappa shape index (κ2) is 7.64. The van der Waals surface area contributed by atoms with Gasteiger partial charge in [0, 0.05) is 16.3 Å². The first-order valence-corrected chi connectivity index (χ1v) is 7.94. The Morgan fingerprint density at radius 3 is 2.04 bits per heavy atom. The molecule has 3 aromatic rings. The number of carbonyl (C=O) groups excluding carboxylic acids is 2. The molecule has 0 atom stereocenters. The van der Waals surface area contributed by atoms with Crippen LogP contribution in [0.3, 0.4) is 0 Å². The third kappa shape index (κ3) is 4.46. The van der Waals surface area contributed by atoms with E-state index >= 15 is 0 Å². The fourth-order valence-corrected chi connectivity index (χ4v) is 2.28. The third-order valence-electron chi connectivity index (χ3n) is 3.44. The summed E-state index contributed by atoms with van der Waals surface area (Å²) in [5.74, 6) is -0.281. The zero-order valence-electron chi connectivity index (χ0n) is 13.1. The van der Waals surface area contributed by atoms with Gasteiger partial charge in [-0.2, -0.15) is 0 Å². The maximum absolute atomic E-state index is 12.1. The zero-order chi connectivity index (χ0) is 17.6. The van der Waals surface area contributed by atoms with Gasteiger partial charge in [-0.05, 0) is 60.7 Å². The lowest BCUT2D eigenvalue weighted by atomic mass is 10.2. The minimum atomic E-state index is -0.483. The number of rotatable bonds is 4. The van der Waals surface area contributed by atoms with Crippen molar-refractivity contribution in [3.8, 4) is 5.75 Å². The highest BCUT2D eigenvalue weighted by Gasteiger charge is 2.10. The van der Waals surface area contributed by atoms with E-state index in [-0.39, 0.29) is 5.91 Å². The first-order valence-electron chi connectivity index (χ1n) is 7.56. The second-order valence-corrected chi connectivity index (χ2v) is 5.68. The molecule has 3 aromatic carbocycles. The van der Waals surface area contributed by atoms with Gasteiger partial charge in [-0.1, -0.05) is 29.8 Å². The number of benzene rings is 3. The molecule has 0 saturated carbocycles. The van der Waals surface area contributed by atoms with Gasteiger partial charge in [0.15, 0.2) is 0 Å². The summed E-state index contributed by atoms with van der Waals surface area (Å²) in [6.07, 6.45) is 0. The van der Waals surface area contributed by atoms with Crippen LogP contribution in [0.5, 0.6) is 5.75 Å². The third-order valence-corrected chi connectivity index (χ3v) is 3.69. The van der Waals surface area contributed by atoms with Gasteiger partial charge in [0.25, 0.3) is 5.91 Å². The molecular weight excluding hydrogens is 338 g/mol. The number of carbonyl (C=O) groups is 2. The Hall–Kier alpha value is -3.11. The van der Waals surface area contributed by atoms with Crippen molar-refractivity contribution in [2.75, 3.05) is 5.32 Å². The van der Waals surface area contributed by atoms with Crippen molar-refractivity contribution in [2.45, 2.75) is 0 Å². The standard InChI is InChI=1S/C20H14ClNO3/c21-16-8-12-18(13-9-16)25-20(24)15-6-10-17(11-7-15)22-19(23)14-4-2-1-3-5-14/h1-13H,(H,22,23). The number of nitrogens with one attached hydrogen (secondary N) is 1. The van der Waals surface area contributed by atoms with Crippen LogP contribution in [-0.2, 0) is 0 Å². The number of amides is 1. The summed E-state index contributed by atoms with van der Waals surface area (Å²) in [6, 6.07) is 21.9. The minimum Gasteiger partial charge on any atom is -0.423 e. The molecule has 1 N–H and O–H groups in total. The number of anilines is 1. The molecule has 5 heteroatoms. The van der Waals surface area contributed by atoms with Crippen LogP contribution in [0.25, 0.3) is 0 Å². The van der Waals surface area contributed by atoms with E-state index in [0.29, 0.717) is 27.6 Å². The summed E-state index contributed by atoms with van der Waals surface area (Å²) in [4.78, 5) is 24.2. The van der Waals surface area contributed by atoms with E-state index in [1.807, 2.05) is 6.07 Å². The van der Waals surface area contributed by atoms with Crippen molar-refractivity contribution >= 4 is 29.2 Å². The van der Waals surface area contributed by atoms with E-state index in [4.69, 9.17) is 16.3 Å². The lowest BCUT2D eigenvalue weighted by Gasteiger charge is -2.07. The smallest absolute Gasteiger partial charge is 0.343 e. The van der Waals surface area contributed by atoms with Gasteiger partial charge in [-0.15, -0.1) is 0 Å². The lowest BCUT2D eigenvalue weighted by molar-refractivity contribution is 0.0734. The average Bonchev–Trinajstić information content (AvgIpc) is 2.65. The van der Waals surface area contributed by atoms with Gasteiger partial charge in [0.2, 0.25) is 0 Å². The molecule has 0 spiro atoms. The highest BCUT2D eigenvalue weighted by atomic mass is 35.5. The molecule has 0 aromatic heterocycles. The van der Waals surface area contributed by atoms with E-state index < -0.39 is 5.97 Å². The lowest BCUT2D eigenvalue weighted by Crippen LogP contribution is -2.12. The molecule has 1 amide bonds. The molecule has 0 fully saturated rings. The van der Waals surface area contributed by atoms with Crippen molar-refractivity contribution in [2.24, 2.45) is 0 Å². The number of hydrogen-bond acceptors (Lipinski definition) is 3. The van der Waals surface area contributed by atoms with Crippen LogP contribution in [0.1, 0.15) is 20.7 Å². The van der Waals surface area contributed by atoms with Gasteiger partial charge in [0.1, 0.15) is 5.75 Å². The van der Waals surface area contributed by atoms with Crippen LogP contribution in [0, 0.1) is 0 Å². The van der Waals surface area contributed by atoms with E-state index in [0.717, 1.165) is 0 Å². The monoisotopic (exact) mass is 351 g/mol. The highest BCUT2D eigenvalue weighted by molar-refractivity contribution is 6.30. The molecule has 0 saturated heterocycles. The van der Waals surface area contributed by atoms with Crippen LogP contribution in [0.2, 0.25) is 5.02 Å². The van der Waals surface area contributed by atoms with E-state index in [1.54, 1.807) is 72.8 Å². The van der Waals surface area contributed by atoms with Crippen molar-refractivity contribution in [3.05, 3.63) is 95.0 Å². The van der Waals surface area contributed by atoms with Crippen LogP contribution < -0.4 is 10.1 Å². The number of halogens is 1. The molecule has 0 heterocycles. The van der Waals surface area contributed by atoms with Gasteiger partial charge >= 0.3 is 5.97 Å². The Labute approximate surface area is 150 Å². The van der Waals surface area contributed by atoms with Gasteiger partial charge in [-0.3, -0.25) is 4.79 Å². The normalized spacial score (nSPS) is 10.1. The Morgan fingerprint density at radius 2 is 1.40 bits per heavy atom. The maximum atomic E-state index is 12.1. The van der Waals surface area contributed by atoms with Gasteiger partial charge in [-0.25, -0.2) is 4.79 Å². The van der Waals surface area contributed by atoms with Crippen molar-refractivity contribution in [3.63, 3.8) is 0 Å². The maximum Gasteiger partial charge on any atom is 0.343 e. The Morgan fingerprint density at radius 1 is 0.760 bits per heavy atom. The van der Waals surface area contributed by atoms with Gasteiger partial charge < -0.3 is 10.1 Å². The number of hydrogen-bond donors (Lipinski definition) is 1. The summed E-state index contributed by atoms with van der Waals surface area (Å²) in [7, 11) is 0. The predicted octanol–water partition coefficient (Wildman–Crippen LogP) is 4.81. The average molecular weight is 352 g/mol. The largest absolute Gasteiger partial charge is 0.423 e. The Balaban J connectivity index is 1.64. The fraction of sp³-hybridized carbons (Fsp3) is 0. The van der Waals surface area contributed by atoms with Crippen molar-refractivity contribution in [1.82, 2.24) is 0 Å². The summed E-state index contributed by atoms with van der Waals surface area (Å²) in [5, 5.41) is 3.34. The van der Waals surface area contributed by atoms with Crippen LogP contribution in [-0.4, -0.2) is 11.9 Å². The summed E-state index contributed by atoms with van der Waals surface area (Å²) in [6.45, 7) is 0. The van der Waals surface area contributed by atoms with Crippen LogP contribution in [0.15, 0.2) is 78.9 Å². The quantitative estimate of drug-likeness (QED) is 0.542.